The van der Waals surface area contributed by atoms with Crippen LogP contribution in [0.2, 0.25) is 0 Å². The number of aryl methyl sites for hydroxylation is 2. The fourth-order valence-electron chi connectivity index (χ4n) is 3.00. The van der Waals surface area contributed by atoms with Gasteiger partial charge in [0.25, 0.3) is 5.91 Å². The summed E-state index contributed by atoms with van der Waals surface area (Å²) in [6.45, 7) is 8.42. The number of benzene rings is 1. The zero-order valence-electron chi connectivity index (χ0n) is 13.9. The number of hydrogen-bond donors (Lipinski definition) is 0. The van der Waals surface area contributed by atoms with E-state index in [2.05, 4.69) is 53.0 Å². The van der Waals surface area contributed by atoms with Crippen molar-refractivity contribution in [3.63, 3.8) is 0 Å². The van der Waals surface area contributed by atoms with Crippen LogP contribution in [-0.2, 0) is 0 Å². The first-order chi connectivity index (χ1) is 11.1. The molecule has 5 nitrogen and oxygen atoms in total. The average Bonchev–Trinajstić information content (AvgIpc) is 2.55. The van der Waals surface area contributed by atoms with E-state index in [4.69, 9.17) is 0 Å². The second-order valence-corrected chi connectivity index (χ2v) is 6.15. The molecule has 23 heavy (non-hydrogen) atoms. The van der Waals surface area contributed by atoms with Crippen LogP contribution in [-0.4, -0.2) is 46.5 Å². The lowest BCUT2D eigenvalue weighted by Gasteiger charge is -2.41. The third-order valence-corrected chi connectivity index (χ3v) is 4.43. The first-order valence-electron chi connectivity index (χ1n) is 7.95. The van der Waals surface area contributed by atoms with E-state index in [1.54, 1.807) is 6.20 Å². The smallest absolute Gasteiger partial charge is 0.257 e. The monoisotopic (exact) mass is 310 g/mol. The largest absolute Gasteiger partial charge is 0.368 e. The lowest BCUT2D eigenvalue weighted by Crippen LogP contribution is -2.54. The predicted octanol–water partition coefficient (Wildman–Crippen LogP) is 2.44. The van der Waals surface area contributed by atoms with Gasteiger partial charge >= 0.3 is 0 Å². The van der Waals surface area contributed by atoms with Gasteiger partial charge in [0.05, 0.1) is 11.3 Å². The van der Waals surface area contributed by atoms with E-state index < -0.39 is 0 Å². The Hall–Kier alpha value is -2.43. The molecule has 3 rings (SSSR count). The van der Waals surface area contributed by atoms with E-state index in [0.29, 0.717) is 12.1 Å². The van der Waals surface area contributed by atoms with Crippen LogP contribution < -0.4 is 4.90 Å². The van der Waals surface area contributed by atoms with Crippen LogP contribution >= 0.6 is 0 Å². The molecular weight excluding hydrogens is 288 g/mol. The quantitative estimate of drug-likeness (QED) is 0.855. The summed E-state index contributed by atoms with van der Waals surface area (Å²) in [6.07, 6.45) is 3.09. The third-order valence-electron chi connectivity index (χ3n) is 4.43. The number of nitrogens with zero attached hydrogens (tertiary/aromatic N) is 4. The number of rotatable bonds is 2. The summed E-state index contributed by atoms with van der Waals surface area (Å²) in [5.41, 5.74) is 3.81. The molecule has 0 bridgehead atoms. The van der Waals surface area contributed by atoms with Gasteiger partial charge in [-0.05, 0) is 32.9 Å². The van der Waals surface area contributed by atoms with Gasteiger partial charge in [0.1, 0.15) is 6.33 Å². The van der Waals surface area contributed by atoms with E-state index in [1.807, 2.05) is 11.8 Å². The zero-order valence-corrected chi connectivity index (χ0v) is 13.9. The van der Waals surface area contributed by atoms with Crippen LogP contribution in [0.4, 0.5) is 5.69 Å². The summed E-state index contributed by atoms with van der Waals surface area (Å²) < 4.78 is 0. The average molecular weight is 310 g/mol. The molecule has 0 N–H and O–H groups in total. The summed E-state index contributed by atoms with van der Waals surface area (Å²) in [7, 11) is 0. The topological polar surface area (TPSA) is 49.3 Å². The van der Waals surface area contributed by atoms with Crippen molar-refractivity contribution in [3.05, 3.63) is 53.6 Å². The molecule has 1 fully saturated rings. The molecule has 1 aromatic heterocycles. The lowest BCUT2D eigenvalue weighted by atomic mass is 10.1. The van der Waals surface area contributed by atoms with Crippen molar-refractivity contribution >= 4 is 11.6 Å². The lowest BCUT2D eigenvalue weighted by molar-refractivity contribution is 0.0672. The molecule has 0 radical (unpaired) electrons. The number of amides is 1. The highest BCUT2D eigenvalue weighted by atomic mass is 16.2. The minimum Gasteiger partial charge on any atom is -0.368 e. The highest BCUT2D eigenvalue weighted by Gasteiger charge is 2.29. The summed E-state index contributed by atoms with van der Waals surface area (Å²) in [6, 6.07) is 8.70. The summed E-state index contributed by atoms with van der Waals surface area (Å²) in [5, 5.41) is 0. The number of piperazine rings is 1. The van der Waals surface area contributed by atoms with Crippen molar-refractivity contribution < 1.29 is 4.79 Å². The molecular formula is C18H22N4O. The minimum atomic E-state index is 0.0270. The van der Waals surface area contributed by atoms with E-state index in [0.717, 1.165) is 18.8 Å². The maximum atomic E-state index is 12.7. The summed E-state index contributed by atoms with van der Waals surface area (Å²) >= 11 is 0. The molecule has 1 amide bonds. The van der Waals surface area contributed by atoms with Gasteiger partial charge < -0.3 is 9.80 Å². The molecule has 1 aromatic carbocycles. The van der Waals surface area contributed by atoms with Gasteiger partial charge in [0, 0.05) is 37.6 Å². The van der Waals surface area contributed by atoms with Crippen LogP contribution in [0, 0.1) is 13.8 Å². The Balaban J connectivity index is 1.73. The second kappa shape index (κ2) is 6.36. The molecule has 120 valence electrons. The molecule has 5 heteroatoms. The molecule has 0 saturated carbocycles. The second-order valence-electron chi connectivity index (χ2n) is 6.15. The van der Waals surface area contributed by atoms with Crippen molar-refractivity contribution in [2.24, 2.45) is 0 Å². The molecule has 2 aromatic rings. The number of hydrogen-bond acceptors (Lipinski definition) is 4. The molecule has 1 saturated heterocycles. The van der Waals surface area contributed by atoms with Crippen LogP contribution in [0.3, 0.4) is 0 Å². The van der Waals surface area contributed by atoms with Gasteiger partial charge in [0.2, 0.25) is 0 Å². The Morgan fingerprint density at radius 1 is 1.17 bits per heavy atom. The van der Waals surface area contributed by atoms with Crippen LogP contribution in [0.1, 0.15) is 28.5 Å². The van der Waals surface area contributed by atoms with E-state index in [1.165, 1.54) is 17.6 Å². The molecule has 1 atom stereocenters. The van der Waals surface area contributed by atoms with Gasteiger partial charge in [-0.25, -0.2) is 9.97 Å². The van der Waals surface area contributed by atoms with E-state index in [-0.39, 0.29) is 11.9 Å². The van der Waals surface area contributed by atoms with Crippen molar-refractivity contribution in [2.45, 2.75) is 26.8 Å². The van der Waals surface area contributed by atoms with Gasteiger partial charge in [-0.1, -0.05) is 17.7 Å². The zero-order chi connectivity index (χ0) is 16.4. The van der Waals surface area contributed by atoms with Crippen molar-refractivity contribution in [3.8, 4) is 0 Å². The molecule has 2 heterocycles. The van der Waals surface area contributed by atoms with Crippen LogP contribution in [0.25, 0.3) is 0 Å². The van der Waals surface area contributed by atoms with Gasteiger partial charge in [-0.15, -0.1) is 0 Å². The maximum Gasteiger partial charge on any atom is 0.257 e. The number of anilines is 1. The standard InChI is InChI=1S/C18H22N4O/c1-13-4-6-16(7-5-13)21-8-9-22(14(2)11-21)18(23)17-10-19-12-20-15(17)3/h4-7,10,12,14H,8-9,11H2,1-3H3/t14-/m0/s1. The SMILES string of the molecule is Cc1ccc(N2CCN(C(=O)c3cncnc3C)[C@@H](C)C2)cc1. The van der Waals surface area contributed by atoms with E-state index >= 15 is 0 Å². The number of carbonyl (C=O) groups is 1. The van der Waals surface area contributed by atoms with Crippen molar-refractivity contribution in [1.29, 1.82) is 0 Å². The molecule has 1 aliphatic rings. The fraction of sp³-hybridized carbons (Fsp3) is 0.389. The third kappa shape index (κ3) is 3.18. The number of carbonyl (C=O) groups excluding carboxylic acids is 1. The molecule has 0 unspecified atom stereocenters. The van der Waals surface area contributed by atoms with Crippen molar-refractivity contribution in [1.82, 2.24) is 14.9 Å². The number of aromatic nitrogens is 2. The molecule has 0 aliphatic carbocycles. The Morgan fingerprint density at radius 3 is 2.57 bits per heavy atom. The highest BCUT2D eigenvalue weighted by Crippen LogP contribution is 2.21. The normalized spacial score (nSPS) is 18.1. The molecule has 1 aliphatic heterocycles. The minimum absolute atomic E-state index is 0.0270. The van der Waals surface area contributed by atoms with Crippen LogP contribution in [0.5, 0.6) is 0 Å². The molecule has 0 spiro atoms. The Morgan fingerprint density at radius 2 is 1.91 bits per heavy atom. The fourth-order valence-corrected chi connectivity index (χ4v) is 3.00. The van der Waals surface area contributed by atoms with Gasteiger partial charge in [-0.2, -0.15) is 0 Å². The van der Waals surface area contributed by atoms with Gasteiger partial charge in [-0.3, -0.25) is 4.79 Å². The summed E-state index contributed by atoms with van der Waals surface area (Å²) in [5.74, 6) is 0.0270. The Bertz CT molecular complexity index is 698. The highest BCUT2D eigenvalue weighted by molar-refractivity contribution is 5.95. The van der Waals surface area contributed by atoms with E-state index in [9.17, 15) is 4.79 Å². The Kier molecular flexibility index (Phi) is 4.28. The van der Waals surface area contributed by atoms with Crippen molar-refractivity contribution in [2.75, 3.05) is 24.5 Å². The maximum absolute atomic E-state index is 12.7. The Labute approximate surface area is 137 Å². The predicted molar refractivity (Wildman–Crippen MR) is 90.7 cm³/mol. The van der Waals surface area contributed by atoms with Crippen LogP contribution in [0.15, 0.2) is 36.8 Å². The summed E-state index contributed by atoms with van der Waals surface area (Å²) in [4.78, 5) is 25.1. The first kappa shape index (κ1) is 15.5. The van der Waals surface area contributed by atoms with Gasteiger partial charge in [0.15, 0.2) is 0 Å². The first-order valence-corrected chi connectivity index (χ1v) is 7.95.